The number of fused-ring (bicyclic) bond motifs is 7. The molecule has 3 heteroatoms. The Morgan fingerprint density at radius 1 is 0.500 bits per heavy atom. The fourth-order valence-electron chi connectivity index (χ4n) is 5.45. The molecule has 1 aliphatic heterocycles. The van der Waals surface area contributed by atoms with E-state index in [1.165, 1.54) is 10.8 Å². The molecule has 0 atom stereocenters. The van der Waals surface area contributed by atoms with Gasteiger partial charge in [0.1, 0.15) is 23.0 Å². The van der Waals surface area contributed by atoms with Crippen molar-refractivity contribution >= 4 is 32.3 Å². The van der Waals surface area contributed by atoms with Gasteiger partial charge in [-0.05, 0) is 63.5 Å². The minimum absolute atomic E-state index is 0.139. The topological polar surface area (TPSA) is 49.7 Å². The lowest BCUT2D eigenvalue weighted by atomic mass is 9.78. The van der Waals surface area contributed by atoms with Crippen molar-refractivity contribution in [2.75, 3.05) is 0 Å². The molecule has 6 aromatic rings. The van der Waals surface area contributed by atoms with E-state index >= 15 is 0 Å². The molecule has 0 fully saturated rings. The Morgan fingerprint density at radius 2 is 1.09 bits per heavy atom. The average molecular weight is 440 g/mol. The van der Waals surface area contributed by atoms with Crippen LogP contribution in [0.4, 0.5) is 0 Å². The first kappa shape index (κ1) is 19.0. The standard InChI is InChI=1S/C31H20O3/c32-25-9-3-7-23-21(25)13-15-27-30(23)29(20-12-11-18-5-1-2-6-19(18)17-20)31-24-8-4-10-26(33)22(24)14-16-28(31)34-27/h1-17,29,32-33H. The van der Waals surface area contributed by atoms with Gasteiger partial charge < -0.3 is 14.9 Å². The van der Waals surface area contributed by atoms with Gasteiger partial charge >= 0.3 is 0 Å². The largest absolute Gasteiger partial charge is 0.507 e. The Bertz CT molecular complexity index is 1680. The highest BCUT2D eigenvalue weighted by Crippen LogP contribution is 2.53. The van der Waals surface area contributed by atoms with Crippen LogP contribution < -0.4 is 4.74 Å². The van der Waals surface area contributed by atoms with Gasteiger partial charge in [-0.1, -0.05) is 66.7 Å². The molecular formula is C31H20O3. The molecule has 6 aromatic carbocycles. The number of aromatic hydroxyl groups is 2. The van der Waals surface area contributed by atoms with Crippen LogP contribution in [0.15, 0.2) is 103 Å². The second kappa shape index (κ2) is 7.00. The summed E-state index contributed by atoms with van der Waals surface area (Å²) in [5.74, 6) is 1.92. The Hall–Kier alpha value is -4.50. The summed E-state index contributed by atoms with van der Waals surface area (Å²) >= 11 is 0. The van der Waals surface area contributed by atoms with Crippen LogP contribution in [0.2, 0.25) is 0 Å². The Kier molecular flexibility index (Phi) is 3.91. The van der Waals surface area contributed by atoms with E-state index in [1.807, 2.05) is 54.6 Å². The van der Waals surface area contributed by atoms with E-state index in [0.717, 1.165) is 49.7 Å². The zero-order valence-corrected chi connectivity index (χ0v) is 18.2. The third-order valence-electron chi connectivity index (χ3n) is 6.98. The summed E-state index contributed by atoms with van der Waals surface area (Å²) < 4.78 is 6.45. The molecule has 2 N–H and O–H groups in total. The van der Waals surface area contributed by atoms with Crippen molar-refractivity contribution in [3.05, 3.63) is 120 Å². The first-order chi connectivity index (χ1) is 16.7. The fraction of sp³-hybridized carbons (Fsp3) is 0.0323. The van der Waals surface area contributed by atoms with E-state index in [4.69, 9.17) is 4.74 Å². The minimum atomic E-state index is -0.139. The molecule has 3 nitrogen and oxygen atoms in total. The predicted octanol–water partition coefficient (Wildman–Crippen LogP) is 7.84. The predicted molar refractivity (Wildman–Crippen MR) is 136 cm³/mol. The quantitative estimate of drug-likeness (QED) is 0.273. The summed E-state index contributed by atoms with van der Waals surface area (Å²) in [4.78, 5) is 0. The van der Waals surface area contributed by atoms with Gasteiger partial charge in [0, 0.05) is 27.8 Å². The fourth-order valence-corrected chi connectivity index (χ4v) is 5.45. The average Bonchev–Trinajstić information content (AvgIpc) is 2.87. The highest BCUT2D eigenvalue weighted by atomic mass is 16.5. The minimum Gasteiger partial charge on any atom is -0.507 e. The van der Waals surface area contributed by atoms with Gasteiger partial charge in [0.15, 0.2) is 0 Å². The number of hydrogen-bond donors (Lipinski definition) is 2. The van der Waals surface area contributed by atoms with Crippen molar-refractivity contribution in [3.8, 4) is 23.0 Å². The molecule has 7 rings (SSSR count). The van der Waals surface area contributed by atoms with Gasteiger partial charge in [0.25, 0.3) is 0 Å². The van der Waals surface area contributed by atoms with Gasteiger partial charge in [0.2, 0.25) is 0 Å². The van der Waals surface area contributed by atoms with Crippen LogP contribution >= 0.6 is 0 Å². The van der Waals surface area contributed by atoms with E-state index < -0.39 is 0 Å². The highest BCUT2D eigenvalue weighted by molar-refractivity contribution is 5.99. The summed E-state index contributed by atoms with van der Waals surface area (Å²) in [6, 6.07) is 33.9. The van der Waals surface area contributed by atoms with Gasteiger partial charge in [0.05, 0.1) is 0 Å². The molecule has 0 unspecified atom stereocenters. The van der Waals surface area contributed by atoms with E-state index in [9.17, 15) is 10.2 Å². The lowest BCUT2D eigenvalue weighted by Crippen LogP contribution is -2.13. The van der Waals surface area contributed by atoms with Crippen LogP contribution in [-0.4, -0.2) is 10.2 Å². The molecule has 0 aromatic heterocycles. The first-order valence-corrected chi connectivity index (χ1v) is 11.3. The molecule has 0 radical (unpaired) electrons. The zero-order chi connectivity index (χ0) is 22.8. The summed E-state index contributed by atoms with van der Waals surface area (Å²) in [6.45, 7) is 0. The smallest absolute Gasteiger partial charge is 0.132 e. The summed E-state index contributed by atoms with van der Waals surface area (Å²) in [5, 5.41) is 27.1. The maximum Gasteiger partial charge on any atom is 0.132 e. The normalized spacial score (nSPS) is 13.1. The Balaban J connectivity index is 1.63. The van der Waals surface area contributed by atoms with Crippen LogP contribution in [0.5, 0.6) is 23.0 Å². The van der Waals surface area contributed by atoms with Crippen molar-refractivity contribution in [3.63, 3.8) is 0 Å². The summed E-state index contributed by atoms with van der Waals surface area (Å²) in [5.41, 5.74) is 3.18. The lowest BCUT2D eigenvalue weighted by molar-refractivity contribution is 0.455. The number of ether oxygens (including phenoxy) is 1. The molecule has 0 amide bonds. The van der Waals surface area contributed by atoms with Crippen LogP contribution in [0.25, 0.3) is 32.3 Å². The van der Waals surface area contributed by atoms with Crippen molar-refractivity contribution in [2.45, 2.75) is 5.92 Å². The Labute approximate surface area is 196 Å². The van der Waals surface area contributed by atoms with Gasteiger partial charge in [-0.15, -0.1) is 0 Å². The number of hydrogen-bond acceptors (Lipinski definition) is 3. The van der Waals surface area contributed by atoms with Gasteiger partial charge in [-0.2, -0.15) is 0 Å². The highest BCUT2D eigenvalue weighted by Gasteiger charge is 2.32. The summed E-state index contributed by atoms with van der Waals surface area (Å²) in [6.07, 6.45) is 0. The monoisotopic (exact) mass is 440 g/mol. The number of rotatable bonds is 1. The molecule has 162 valence electrons. The van der Waals surface area contributed by atoms with Crippen LogP contribution in [-0.2, 0) is 0 Å². The third kappa shape index (κ3) is 2.64. The molecular weight excluding hydrogens is 420 g/mol. The van der Waals surface area contributed by atoms with E-state index in [-0.39, 0.29) is 17.4 Å². The number of phenols is 2. The third-order valence-corrected chi connectivity index (χ3v) is 6.98. The van der Waals surface area contributed by atoms with Crippen molar-refractivity contribution < 1.29 is 14.9 Å². The van der Waals surface area contributed by atoms with Gasteiger partial charge in [-0.25, -0.2) is 0 Å². The molecule has 0 spiro atoms. The number of benzene rings is 6. The maximum atomic E-state index is 10.6. The van der Waals surface area contributed by atoms with Crippen LogP contribution in [0.3, 0.4) is 0 Å². The van der Waals surface area contributed by atoms with Crippen molar-refractivity contribution in [1.82, 2.24) is 0 Å². The summed E-state index contributed by atoms with van der Waals surface area (Å²) in [7, 11) is 0. The van der Waals surface area contributed by atoms with Crippen LogP contribution in [0, 0.1) is 0 Å². The molecule has 1 heterocycles. The SMILES string of the molecule is Oc1cccc2c3c(ccc12)Oc1ccc2c(O)cccc2c1C3c1ccc2ccccc2c1. The second-order valence-corrected chi connectivity index (χ2v) is 8.84. The van der Waals surface area contributed by atoms with Crippen molar-refractivity contribution in [2.24, 2.45) is 0 Å². The first-order valence-electron chi connectivity index (χ1n) is 11.3. The molecule has 34 heavy (non-hydrogen) atoms. The van der Waals surface area contributed by atoms with E-state index in [2.05, 4.69) is 36.4 Å². The van der Waals surface area contributed by atoms with Gasteiger partial charge in [-0.3, -0.25) is 0 Å². The molecule has 0 saturated carbocycles. The zero-order valence-electron chi connectivity index (χ0n) is 18.2. The molecule has 0 aliphatic carbocycles. The lowest BCUT2D eigenvalue weighted by Gasteiger charge is -2.31. The van der Waals surface area contributed by atoms with E-state index in [0.29, 0.717) is 0 Å². The van der Waals surface area contributed by atoms with Crippen molar-refractivity contribution in [1.29, 1.82) is 0 Å². The second-order valence-electron chi connectivity index (χ2n) is 8.84. The van der Waals surface area contributed by atoms with Crippen LogP contribution in [0.1, 0.15) is 22.6 Å². The molecule has 0 bridgehead atoms. The molecule has 0 saturated heterocycles. The number of phenolic OH excluding ortho intramolecular Hbond substituents is 2. The van der Waals surface area contributed by atoms with E-state index in [1.54, 1.807) is 12.1 Å². The Morgan fingerprint density at radius 3 is 1.71 bits per heavy atom. The molecule has 1 aliphatic rings. The maximum absolute atomic E-state index is 10.6.